The third-order valence-electron chi connectivity index (χ3n) is 4.23. The Hall–Kier alpha value is -1.80. The van der Waals surface area contributed by atoms with Gasteiger partial charge in [0.1, 0.15) is 0 Å². The molecule has 0 aliphatic heterocycles. The maximum atomic E-state index is 13.0. The highest BCUT2D eigenvalue weighted by atomic mass is 32.2. The van der Waals surface area contributed by atoms with Gasteiger partial charge in [0.15, 0.2) is 11.5 Å². The van der Waals surface area contributed by atoms with Gasteiger partial charge in [0.25, 0.3) is 0 Å². The van der Waals surface area contributed by atoms with Crippen molar-refractivity contribution in [2.75, 3.05) is 20.8 Å². The van der Waals surface area contributed by atoms with E-state index in [4.69, 9.17) is 9.47 Å². The second kappa shape index (κ2) is 7.85. The summed E-state index contributed by atoms with van der Waals surface area (Å²) in [6.45, 7) is -0.651. The molecular weight excluding hydrogens is 334 g/mol. The van der Waals surface area contributed by atoms with Crippen molar-refractivity contribution in [2.24, 2.45) is 0 Å². The number of hydrogen-bond acceptors (Lipinski definition) is 6. The molecule has 0 amide bonds. The van der Waals surface area contributed by atoms with Crippen LogP contribution in [0.4, 0.5) is 0 Å². The van der Waals surface area contributed by atoms with E-state index in [0.717, 1.165) is 23.6 Å². The van der Waals surface area contributed by atoms with Gasteiger partial charge in [0.05, 0.1) is 31.6 Å². The summed E-state index contributed by atoms with van der Waals surface area (Å²) in [4.78, 5) is 11.1. The molecule has 8 heteroatoms. The molecule has 7 nitrogen and oxygen atoms in total. The maximum Gasteiger partial charge on any atom is 0.243 e. The third kappa shape index (κ3) is 3.99. The number of sulfonamides is 1. The van der Waals surface area contributed by atoms with Gasteiger partial charge in [0.2, 0.25) is 10.0 Å². The molecule has 0 spiro atoms. The molecule has 24 heavy (non-hydrogen) atoms. The van der Waals surface area contributed by atoms with Crippen molar-refractivity contribution < 1.29 is 27.8 Å². The van der Waals surface area contributed by atoms with Gasteiger partial charge in [-0.05, 0) is 25.0 Å². The molecule has 1 aliphatic rings. The molecule has 0 bridgehead atoms. The summed E-state index contributed by atoms with van der Waals surface area (Å²) in [5, 5.41) is 11.1. The zero-order chi connectivity index (χ0) is 17.7. The second-order valence-corrected chi connectivity index (χ2v) is 7.62. The molecule has 1 aliphatic carbocycles. The highest BCUT2D eigenvalue weighted by molar-refractivity contribution is 7.89. The topological polar surface area (TPSA) is 96.0 Å². The minimum atomic E-state index is -3.98. The number of carbonyl (C=O) groups is 1. The molecule has 1 saturated carbocycles. The number of carbonyl (C=O) groups excluding carboxylic acids is 1. The van der Waals surface area contributed by atoms with Crippen LogP contribution in [0.1, 0.15) is 32.1 Å². The fourth-order valence-corrected chi connectivity index (χ4v) is 4.66. The molecule has 1 aromatic carbocycles. The molecule has 2 rings (SSSR count). The van der Waals surface area contributed by atoms with Gasteiger partial charge in [-0.2, -0.15) is 4.31 Å². The van der Waals surface area contributed by atoms with Crippen molar-refractivity contribution in [3.05, 3.63) is 18.2 Å². The standard InChI is InChI=1S/C16H23NO6S/c1-22-14-9-8-13(10-15(14)23-2)24(20,21)17(11-16(18)19)12-6-4-3-5-7-12/h8-10,12H,3-7,11H2,1-2H3,(H,18,19)/p-1. The highest BCUT2D eigenvalue weighted by Crippen LogP contribution is 2.33. The van der Waals surface area contributed by atoms with E-state index in [2.05, 4.69) is 0 Å². The van der Waals surface area contributed by atoms with E-state index in [0.29, 0.717) is 18.6 Å². The van der Waals surface area contributed by atoms with Crippen LogP contribution in [0.15, 0.2) is 23.1 Å². The van der Waals surface area contributed by atoms with E-state index in [-0.39, 0.29) is 16.7 Å². The number of rotatable bonds is 7. The predicted octanol–water partition coefficient (Wildman–Crippen LogP) is 0.777. The maximum absolute atomic E-state index is 13.0. The van der Waals surface area contributed by atoms with Crippen LogP contribution in [0.2, 0.25) is 0 Å². The normalized spacial score (nSPS) is 16.1. The lowest BCUT2D eigenvalue weighted by Crippen LogP contribution is -2.47. The number of methoxy groups -OCH3 is 2. The Morgan fingerprint density at radius 3 is 2.33 bits per heavy atom. The van der Waals surface area contributed by atoms with Gasteiger partial charge in [-0.15, -0.1) is 0 Å². The average molecular weight is 356 g/mol. The third-order valence-corrected chi connectivity index (χ3v) is 6.12. The number of ether oxygens (including phenoxy) is 2. The molecular formula is C16H22NO6S-. The highest BCUT2D eigenvalue weighted by Gasteiger charge is 2.33. The van der Waals surface area contributed by atoms with E-state index >= 15 is 0 Å². The number of aliphatic carboxylic acids is 1. The van der Waals surface area contributed by atoms with Crippen LogP contribution < -0.4 is 14.6 Å². The molecule has 1 fully saturated rings. The first kappa shape index (κ1) is 18.5. The van der Waals surface area contributed by atoms with Gasteiger partial charge in [-0.3, -0.25) is 0 Å². The van der Waals surface area contributed by atoms with Gasteiger partial charge in [0, 0.05) is 12.1 Å². The molecule has 0 aromatic heterocycles. The van der Waals surface area contributed by atoms with Crippen molar-refractivity contribution >= 4 is 16.0 Å². The Labute approximate surface area is 142 Å². The van der Waals surface area contributed by atoms with Crippen LogP contribution >= 0.6 is 0 Å². The lowest BCUT2D eigenvalue weighted by molar-refractivity contribution is -0.305. The Morgan fingerprint density at radius 1 is 1.17 bits per heavy atom. The van der Waals surface area contributed by atoms with Crippen molar-refractivity contribution in [1.82, 2.24) is 4.31 Å². The quantitative estimate of drug-likeness (QED) is 0.716. The fraction of sp³-hybridized carbons (Fsp3) is 0.562. The average Bonchev–Trinajstić information content (AvgIpc) is 2.59. The summed E-state index contributed by atoms with van der Waals surface area (Å²) in [6.07, 6.45) is 4.11. The number of carboxylic acid groups (broad SMARTS) is 1. The summed E-state index contributed by atoms with van der Waals surface area (Å²) >= 11 is 0. The Bertz CT molecular complexity index is 682. The lowest BCUT2D eigenvalue weighted by Gasteiger charge is -2.33. The van der Waals surface area contributed by atoms with Crippen LogP contribution in [0.3, 0.4) is 0 Å². The first-order valence-electron chi connectivity index (χ1n) is 7.84. The summed E-state index contributed by atoms with van der Waals surface area (Å²) in [5.41, 5.74) is 0. The van der Waals surface area contributed by atoms with Gasteiger partial charge in [-0.25, -0.2) is 8.42 Å². The summed E-state index contributed by atoms with van der Waals surface area (Å²) < 4.78 is 37.2. The van der Waals surface area contributed by atoms with E-state index in [1.54, 1.807) is 0 Å². The summed E-state index contributed by atoms with van der Waals surface area (Å²) in [7, 11) is -1.11. The smallest absolute Gasteiger partial charge is 0.243 e. The SMILES string of the molecule is COc1ccc(S(=O)(=O)N(CC(=O)[O-])C2CCCCC2)cc1OC. The van der Waals surface area contributed by atoms with Crippen molar-refractivity contribution in [3.8, 4) is 11.5 Å². The zero-order valence-corrected chi connectivity index (χ0v) is 14.7. The first-order valence-corrected chi connectivity index (χ1v) is 9.28. The van der Waals surface area contributed by atoms with Crippen molar-refractivity contribution in [1.29, 1.82) is 0 Å². The number of benzene rings is 1. The van der Waals surface area contributed by atoms with Gasteiger partial charge in [-0.1, -0.05) is 19.3 Å². The molecule has 0 saturated heterocycles. The Balaban J connectivity index is 2.41. The molecule has 0 unspecified atom stereocenters. The Morgan fingerprint density at radius 2 is 1.79 bits per heavy atom. The van der Waals surface area contributed by atoms with E-state index < -0.39 is 22.5 Å². The van der Waals surface area contributed by atoms with Gasteiger partial charge >= 0.3 is 0 Å². The molecule has 0 radical (unpaired) electrons. The lowest BCUT2D eigenvalue weighted by atomic mass is 9.95. The largest absolute Gasteiger partial charge is 0.549 e. The predicted molar refractivity (Wildman–Crippen MR) is 85.3 cm³/mol. The summed E-state index contributed by atoms with van der Waals surface area (Å²) in [6, 6.07) is 3.90. The molecule has 134 valence electrons. The number of carboxylic acids is 1. The minimum Gasteiger partial charge on any atom is -0.549 e. The first-order chi connectivity index (χ1) is 11.4. The van der Waals surface area contributed by atoms with Gasteiger partial charge < -0.3 is 19.4 Å². The van der Waals surface area contributed by atoms with Crippen LogP contribution in [0.5, 0.6) is 11.5 Å². The molecule has 0 heterocycles. The van der Waals surface area contributed by atoms with Crippen LogP contribution in [0.25, 0.3) is 0 Å². The fourth-order valence-electron chi connectivity index (χ4n) is 3.02. The van der Waals surface area contributed by atoms with E-state index in [1.807, 2.05) is 0 Å². The Kier molecular flexibility index (Phi) is 6.06. The van der Waals surface area contributed by atoms with E-state index in [1.165, 1.54) is 32.4 Å². The summed E-state index contributed by atoms with van der Waals surface area (Å²) in [5.74, 6) is -0.735. The van der Waals surface area contributed by atoms with Crippen molar-refractivity contribution in [3.63, 3.8) is 0 Å². The van der Waals surface area contributed by atoms with Crippen LogP contribution in [0, 0.1) is 0 Å². The number of nitrogens with zero attached hydrogens (tertiary/aromatic N) is 1. The molecule has 1 aromatic rings. The van der Waals surface area contributed by atoms with E-state index in [9.17, 15) is 18.3 Å². The monoisotopic (exact) mass is 356 g/mol. The van der Waals surface area contributed by atoms with Crippen LogP contribution in [-0.4, -0.2) is 45.5 Å². The molecule has 0 N–H and O–H groups in total. The van der Waals surface area contributed by atoms with Crippen molar-refractivity contribution in [2.45, 2.75) is 43.0 Å². The zero-order valence-electron chi connectivity index (χ0n) is 13.9. The minimum absolute atomic E-state index is 0.0213. The molecule has 0 atom stereocenters. The number of hydrogen-bond donors (Lipinski definition) is 0. The second-order valence-electron chi connectivity index (χ2n) is 5.73. The van der Waals surface area contributed by atoms with Crippen LogP contribution in [-0.2, 0) is 14.8 Å².